The monoisotopic (exact) mass is 423 g/mol. The molecule has 2 aliphatic rings. The van der Waals surface area contributed by atoms with E-state index in [0.29, 0.717) is 11.2 Å². The Morgan fingerprint density at radius 1 is 1.03 bits per heavy atom. The van der Waals surface area contributed by atoms with Crippen LogP contribution in [0.1, 0.15) is 59.8 Å². The maximum atomic E-state index is 13.2. The highest BCUT2D eigenvalue weighted by Crippen LogP contribution is 2.37. The van der Waals surface area contributed by atoms with E-state index in [0.717, 1.165) is 42.0 Å². The largest absolute Gasteiger partial charge is 0.339 e. The molecule has 2 aromatic heterocycles. The number of rotatable bonds is 4. The van der Waals surface area contributed by atoms with Gasteiger partial charge in [0, 0.05) is 30.5 Å². The molecule has 3 aromatic rings. The number of carbonyl (C=O) groups excluding carboxylic acids is 1. The van der Waals surface area contributed by atoms with Crippen molar-refractivity contribution in [2.75, 3.05) is 13.1 Å². The number of fused-ring (bicyclic) bond motifs is 1. The van der Waals surface area contributed by atoms with Gasteiger partial charge in [0.1, 0.15) is 5.03 Å². The maximum absolute atomic E-state index is 13.2. The van der Waals surface area contributed by atoms with E-state index in [1.54, 1.807) is 23.1 Å². The molecule has 29 heavy (non-hydrogen) atoms. The number of hydrogen-bond donors (Lipinski definition) is 0. The Kier molecular flexibility index (Phi) is 5.55. The molecule has 0 unspecified atom stereocenters. The minimum Gasteiger partial charge on any atom is -0.339 e. The highest BCUT2D eigenvalue weighted by molar-refractivity contribution is 7.99. The van der Waals surface area contributed by atoms with Crippen molar-refractivity contribution in [2.45, 2.75) is 54.7 Å². The lowest BCUT2D eigenvalue weighted by atomic mass is 9.97. The summed E-state index contributed by atoms with van der Waals surface area (Å²) in [5, 5.41) is 2.75. The summed E-state index contributed by atoms with van der Waals surface area (Å²) in [7, 11) is 0. The van der Waals surface area contributed by atoms with Crippen molar-refractivity contribution < 1.29 is 4.79 Å². The summed E-state index contributed by atoms with van der Waals surface area (Å²) in [6.07, 6.45) is 8.85. The van der Waals surface area contributed by atoms with Crippen molar-refractivity contribution in [1.82, 2.24) is 14.9 Å². The molecule has 1 amide bonds. The van der Waals surface area contributed by atoms with Gasteiger partial charge in [-0.15, -0.1) is 23.1 Å². The van der Waals surface area contributed by atoms with Crippen LogP contribution in [0.25, 0.3) is 10.2 Å². The fourth-order valence-electron chi connectivity index (χ4n) is 4.38. The van der Waals surface area contributed by atoms with Crippen LogP contribution in [0, 0.1) is 0 Å². The van der Waals surface area contributed by atoms with E-state index in [1.807, 2.05) is 29.3 Å². The molecule has 4 nitrogen and oxygen atoms in total. The van der Waals surface area contributed by atoms with Crippen molar-refractivity contribution in [2.24, 2.45) is 0 Å². The summed E-state index contributed by atoms with van der Waals surface area (Å²) in [5.74, 6) is 0.596. The minimum absolute atomic E-state index is 0.140. The molecule has 0 atom stereocenters. The van der Waals surface area contributed by atoms with Gasteiger partial charge < -0.3 is 4.90 Å². The normalized spacial score (nSPS) is 18.6. The molecule has 1 saturated heterocycles. The van der Waals surface area contributed by atoms with Gasteiger partial charge in [-0.25, -0.2) is 9.97 Å². The fourth-order valence-corrected chi connectivity index (χ4v) is 6.80. The number of amides is 1. The van der Waals surface area contributed by atoms with Gasteiger partial charge in [-0.1, -0.05) is 25.0 Å². The van der Waals surface area contributed by atoms with Gasteiger partial charge in [-0.3, -0.25) is 4.79 Å². The lowest BCUT2D eigenvalue weighted by Crippen LogP contribution is -2.38. The maximum Gasteiger partial charge on any atom is 0.256 e. The summed E-state index contributed by atoms with van der Waals surface area (Å²) in [5.41, 5.74) is 1.87. The molecule has 1 aromatic carbocycles. The van der Waals surface area contributed by atoms with E-state index >= 15 is 0 Å². The predicted molar refractivity (Wildman–Crippen MR) is 120 cm³/mol. The quantitative estimate of drug-likeness (QED) is 0.536. The second-order valence-corrected chi connectivity index (χ2v) is 10.3. The second-order valence-electron chi connectivity index (χ2n) is 7.97. The smallest absolute Gasteiger partial charge is 0.256 e. The van der Waals surface area contributed by atoms with Gasteiger partial charge in [-0.2, -0.15) is 0 Å². The van der Waals surface area contributed by atoms with E-state index in [1.165, 1.54) is 35.4 Å². The first-order chi connectivity index (χ1) is 14.3. The topological polar surface area (TPSA) is 46.1 Å². The molecule has 0 bridgehead atoms. The Labute approximate surface area is 179 Å². The Bertz CT molecular complexity index is 971. The van der Waals surface area contributed by atoms with Crippen LogP contribution in [0.3, 0.4) is 0 Å². The Balaban J connectivity index is 1.26. The van der Waals surface area contributed by atoms with E-state index in [-0.39, 0.29) is 5.91 Å². The number of likely N-dealkylation sites (tertiary alicyclic amines) is 1. The van der Waals surface area contributed by atoms with E-state index in [4.69, 9.17) is 4.98 Å². The first-order valence-electron chi connectivity index (χ1n) is 10.5. The number of carbonyl (C=O) groups is 1. The lowest BCUT2D eigenvalue weighted by Gasteiger charge is -2.31. The van der Waals surface area contributed by atoms with Gasteiger partial charge in [0.2, 0.25) is 0 Å². The van der Waals surface area contributed by atoms with Crippen LogP contribution in [0.4, 0.5) is 0 Å². The number of piperidine rings is 1. The zero-order valence-electron chi connectivity index (χ0n) is 16.4. The highest BCUT2D eigenvalue weighted by Gasteiger charge is 2.28. The molecule has 0 radical (unpaired) electrons. The summed E-state index contributed by atoms with van der Waals surface area (Å²) < 4.78 is 1.25. The Hall–Kier alpha value is -1.92. The number of aromatic nitrogens is 2. The fraction of sp³-hybridized carbons (Fsp3) is 0.435. The summed E-state index contributed by atoms with van der Waals surface area (Å²) in [6.45, 7) is 1.59. The van der Waals surface area contributed by atoms with Crippen LogP contribution in [0.15, 0.2) is 47.6 Å². The third-order valence-corrected chi connectivity index (χ3v) is 8.58. The van der Waals surface area contributed by atoms with Crippen molar-refractivity contribution in [3.8, 4) is 0 Å². The van der Waals surface area contributed by atoms with Crippen LogP contribution in [0.5, 0.6) is 0 Å². The van der Waals surface area contributed by atoms with Crippen molar-refractivity contribution >= 4 is 39.2 Å². The van der Waals surface area contributed by atoms with Gasteiger partial charge >= 0.3 is 0 Å². The zero-order chi connectivity index (χ0) is 19.6. The predicted octanol–water partition coefficient (Wildman–Crippen LogP) is 5.75. The molecule has 2 fully saturated rings. The van der Waals surface area contributed by atoms with Crippen LogP contribution in [0.2, 0.25) is 0 Å². The van der Waals surface area contributed by atoms with Crippen molar-refractivity contribution in [3.63, 3.8) is 0 Å². The van der Waals surface area contributed by atoms with E-state index in [9.17, 15) is 4.79 Å². The van der Waals surface area contributed by atoms with Crippen LogP contribution < -0.4 is 0 Å². The molecule has 5 rings (SSSR count). The molecule has 3 heterocycles. The molecule has 6 heteroatoms. The number of nitrogens with zero attached hydrogens (tertiary/aromatic N) is 3. The Morgan fingerprint density at radius 3 is 2.62 bits per heavy atom. The Morgan fingerprint density at radius 2 is 1.83 bits per heavy atom. The van der Waals surface area contributed by atoms with E-state index in [2.05, 4.69) is 23.2 Å². The van der Waals surface area contributed by atoms with Gasteiger partial charge in [0.05, 0.1) is 20.8 Å². The molecular weight excluding hydrogens is 398 g/mol. The SMILES string of the molecule is O=C(c1cccnc1SC1CCCC1)N1CCC(c2nc3ccccc3s2)CC1. The standard InChI is InChI=1S/C23H25N3OS2/c27-23(18-8-5-13-24-22(18)28-17-6-1-2-7-17)26-14-11-16(12-15-26)21-25-19-9-3-4-10-20(19)29-21/h3-5,8-10,13,16-17H,1-2,6-7,11-12,14-15H2. The summed E-state index contributed by atoms with van der Waals surface area (Å²) in [4.78, 5) is 24.6. The third kappa shape index (κ3) is 4.05. The number of para-hydroxylation sites is 1. The molecule has 1 aliphatic heterocycles. The minimum atomic E-state index is 0.140. The average Bonchev–Trinajstić information content (AvgIpc) is 3.43. The molecule has 150 valence electrons. The number of thioether (sulfide) groups is 1. The first-order valence-corrected chi connectivity index (χ1v) is 12.2. The molecule has 1 saturated carbocycles. The van der Waals surface area contributed by atoms with Crippen LogP contribution >= 0.6 is 23.1 Å². The van der Waals surface area contributed by atoms with E-state index < -0.39 is 0 Å². The number of thiazole rings is 1. The van der Waals surface area contributed by atoms with Crippen LogP contribution in [-0.4, -0.2) is 39.1 Å². The second kappa shape index (κ2) is 8.44. The zero-order valence-corrected chi connectivity index (χ0v) is 18.1. The van der Waals surface area contributed by atoms with Gasteiger partial charge in [-0.05, 0) is 49.9 Å². The average molecular weight is 424 g/mol. The molecular formula is C23H25N3OS2. The number of hydrogen-bond acceptors (Lipinski definition) is 5. The van der Waals surface area contributed by atoms with Crippen molar-refractivity contribution in [3.05, 3.63) is 53.2 Å². The third-order valence-electron chi connectivity index (χ3n) is 6.02. The first kappa shape index (κ1) is 19.1. The number of benzene rings is 1. The molecule has 0 N–H and O–H groups in total. The van der Waals surface area contributed by atoms with Crippen molar-refractivity contribution in [1.29, 1.82) is 0 Å². The molecule has 1 aliphatic carbocycles. The summed E-state index contributed by atoms with van der Waals surface area (Å²) in [6, 6.07) is 12.2. The number of pyridine rings is 1. The highest BCUT2D eigenvalue weighted by atomic mass is 32.2. The summed E-state index contributed by atoms with van der Waals surface area (Å²) >= 11 is 3.61. The van der Waals surface area contributed by atoms with Gasteiger partial charge in [0.15, 0.2) is 0 Å². The molecule has 0 spiro atoms. The van der Waals surface area contributed by atoms with Gasteiger partial charge in [0.25, 0.3) is 5.91 Å². The lowest BCUT2D eigenvalue weighted by molar-refractivity contribution is 0.0708. The van der Waals surface area contributed by atoms with Crippen LogP contribution in [-0.2, 0) is 0 Å².